The molecule has 7 nitrogen and oxygen atoms in total. The third kappa shape index (κ3) is 5.95. The molecule has 0 aliphatic heterocycles. The van der Waals surface area contributed by atoms with E-state index in [-0.39, 0.29) is 13.2 Å². The van der Waals surface area contributed by atoms with Crippen LogP contribution in [0.5, 0.6) is 0 Å². The van der Waals surface area contributed by atoms with Crippen LogP contribution in [0.25, 0.3) is 10.9 Å². The first kappa shape index (κ1) is 21.2. The molecule has 1 aromatic heterocycles. The van der Waals surface area contributed by atoms with Crippen LogP contribution in [0.15, 0.2) is 24.3 Å². The molecular formula is C19H26ClN3O4. The van der Waals surface area contributed by atoms with E-state index < -0.39 is 23.8 Å². The second-order valence-electron chi connectivity index (χ2n) is 7.32. The maximum absolute atomic E-state index is 12.1. The SMILES string of the molecule is C[C@H](NC(=O)OC(C)(C)C)c1cc2cccc(Cl)c2nc1NC[C@@H](O)CO. The predicted molar refractivity (Wildman–Crippen MR) is 106 cm³/mol. The maximum atomic E-state index is 12.1. The molecule has 0 unspecified atom stereocenters. The van der Waals surface area contributed by atoms with Gasteiger partial charge in [0.2, 0.25) is 0 Å². The summed E-state index contributed by atoms with van der Waals surface area (Å²) in [6.45, 7) is 6.92. The largest absolute Gasteiger partial charge is 0.444 e. The van der Waals surface area contributed by atoms with Crippen LogP contribution in [0.3, 0.4) is 0 Å². The van der Waals surface area contributed by atoms with E-state index >= 15 is 0 Å². The molecule has 2 aromatic rings. The molecule has 1 heterocycles. The number of fused-ring (bicyclic) bond motifs is 1. The first-order chi connectivity index (χ1) is 12.6. The van der Waals surface area contributed by atoms with Crippen LogP contribution in [0.1, 0.15) is 39.3 Å². The molecule has 0 saturated carbocycles. The summed E-state index contributed by atoms with van der Waals surface area (Å²) in [5.74, 6) is 0.464. The van der Waals surface area contributed by atoms with Gasteiger partial charge in [-0.15, -0.1) is 0 Å². The Hall–Kier alpha value is -2.09. The van der Waals surface area contributed by atoms with Crippen molar-refractivity contribution in [3.63, 3.8) is 0 Å². The minimum Gasteiger partial charge on any atom is -0.444 e. The van der Waals surface area contributed by atoms with Crippen molar-refractivity contribution in [2.75, 3.05) is 18.5 Å². The molecule has 2 atom stereocenters. The Morgan fingerprint density at radius 1 is 1.37 bits per heavy atom. The highest BCUT2D eigenvalue weighted by Crippen LogP contribution is 2.29. The molecule has 0 aliphatic carbocycles. The topological polar surface area (TPSA) is 104 Å². The van der Waals surface area contributed by atoms with E-state index in [1.54, 1.807) is 26.8 Å². The lowest BCUT2D eigenvalue weighted by atomic mass is 10.1. The highest BCUT2D eigenvalue weighted by Gasteiger charge is 2.21. The van der Waals surface area contributed by atoms with Gasteiger partial charge in [0, 0.05) is 17.5 Å². The summed E-state index contributed by atoms with van der Waals surface area (Å²) < 4.78 is 5.31. The molecule has 0 radical (unpaired) electrons. The first-order valence-corrected chi connectivity index (χ1v) is 9.10. The highest BCUT2D eigenvalue weighted by molar-refractivity contribution is 6.35. The lowest BCUT2D eigenvalue weighted by molar-refractivity contribution is 0.0508. The Labute approximate surface area is 163 Å². The molecule has 0 fully saturated rings. The Balaban J connectivity index is 2.35. The van der Waals surface area contributed by atoms with Crippen molar-refractivity contribution >= 4 is 34.4 Å². The first-order valence-electron chi connectivity index (χ1n) is 8.72. The summed E-state index contributed by atoms with van der Waals surface area (Å²) in [4.78, 5) is 16.7. The number of aromatic nitrogens is 1. The summed E-state index contributed by atoms with van der Waals surface area (Å²) >= 11 is 6.24. The summed E-state index contributed by atoms with van der Waals surface area (Å²) in [5, 5.41) is 25.8. The summed E-state index contributed by atoms with van der Waals surface area (Å²) in [5.41, 5.74) is 0.708. The van der Waals surface area contributed by atoms with Crippen LogP contribution < -0.4 is 10.6 Å². The number of anilines is 1. The van der Waals surface area contributed by atoms with Gasteiger partial charge in [0.25, 0.3) is 0 Å². The van der Waals surface area contributed by atoms with Gasteiger partial charge in [-0.3, -0.25) is 0 Å². The monoisotopic (exact) mass is 395 g/mol. The van der Waals surface area contributed by atoms with E-state index in [1.165, 1.54) is 0 Å². The number of carbonyl (C=O) groups excluding carboxylic acids is 1. The van der Waals surface area contributed by atoms with Crippen molar-refractivity contribution in [3.05, 3.63) is 34.9 Å². The number of alkyl carbamates (subject to hydrolysis) is 1. The summed E-state index contributed by atoms with van der Waals surface area (Å²) in [7, 11) is 0. The average molecular weight is 396 g/mol. The standard InChI is InChI=1S/C19H26ClN3O4/c1-11(22-18(26)27-19(2,3)4)14-8-12-6-5-7-15(20)16(12)23-17(14)21-9-13(25)10-24/h5-8,11,13,24-25H,9-10H2,1-4H3,(H,21,23)(H,22,26)/t11-,13+/m0/s1. The fraction of sp³-hybridized carbons (Fsp3) is 0.474. The number of carbonyl (C=O) groups is 1. The Morgan fingerprint density at radius 3 is 2.70 bits per heavy atom. The number of hydrogen-bond acceptors (Lipinski definition) is 6. The number of aliphatic hydroxyl groups is 2. The zero-order chi connectivity index (χ0) is 20.2. The van der Waals surface area contributed by atoms with Crippen LogP contribution in [0.4, 0.5) is 10.6 Å². The summed E-state index contributed by atoms with van der Waals surface area (Å²) in [6.07, 6.45) is -1.47. The third-order valence-corrected chi connectivity index (χ3v) is 4.05. The van der Waals surface area contributed by atoms with Gasteiger partial charge in [-0.25, -0.2) is 9.78 Å². The molecule has 0 spiro atoms. The molecule has 0 bridgehead atoms. The number of ether oxygens (including phenoxy) is 1. The molecule has 1 amide bonds. The van der Waals surface area contributed by atoms with Crippen molar-refractivity contribution in [3.8, 4) is 0 Å². The van der Waals surface area contributed by atoms with Crippen molar-refractivity contribution in [2.24, 2.45) is 0 Å². The van der Waals surface area contributed by atoms with Gasteiger partial charge in [-0.05, 0) is 39.8 Å². The fourth-order valence-corrected chi connectivity index (χ4v) is 2.72. The summed E-state index contributed by atoms with van der Waals surface area (Å²) in [6, 6.07) is 6.91. The second kappa shape index (κ2) is 8.73. The Kier molecular flexibility index (Phi) is 6.86. The minimum atomic E-state index is -0.935. The number of hydrogen-bond donors (Lipinski definition) is 4. The molecule has 2 rings (SSSR count). The maximum Gasteiger partial charge on any atom is 0.408 e. The van der Waals surface area contributed by atoms with E-state index in [4.69, 9.17) is 21.4 Å². The molecule has 0 saturated heterocycles. The average Bonchev–Trinajstić information content (AvgIpc) is 2.57. The van der Waals surface area contributed by atoms with Gasteiger partial charge in [0.15, 0.2) is 0 Å². The van der Waals surface area contributed by atoms with Gasteiger partial charge in [0.1, 0.15) is 11.4 Å². The van der Waals surface area contributed by atoms with Crippen LogP contribution in [-0.4, -0.2) is 46.1 Å². The van der Waals surface area contributed by atoms with Crippen molar-refractivity contribution < 1.29 is 19.7 Å². The predicted octanol–water partition coefficient (Wildman–Crippen LogP) is 3.24. The lowest BCUT2D eigenvalue weighted by Crippen LogP contribution is -2.34. The number of aliphatic hydroxyl groups excluding tert-OH is 2. The zero-order valence-electron chi connectivity index (χ0n) is 15.9. The second-order valence-corrected chi connectivity index (χ2v) is 7.73. The molecule has 0 aliphatic rings. The molecular weight excluding hydrogens is 370 g/mol. The van der Waals surface area contributed by atoms with E-state index in [0.717, 1.165) is 5.39 Å². The number of halogens is 1. The number of nitrogens with zero attached hydrogens (tertiary/aromatic N) is 1. The number of benzene rings is 1. The van der Waals surface area contributed by atoms with Crippen molar-refractivity contribution in [1.29, 1.82) is 0 Å². The normalized spacial score (nSPS) is 13.9. The van der Waals surface area contributed by atoms with Gasteiger partial charge in [-0.2, -0.15) is 0 Å². The lowest BCUT2D eigenvalue weighted by Gasteiger charge is -2.23. The fourth-order valence-electron chi connectivity index (χ4n) is 2.49. The quantitative estimate of drug-likeness (QED) is 0.598. The van der Waals surface area contributed by atoms with Crippen molar-refractivity contribution in [1.82, 2.24) is 10.3 Å². The number of rotatable bonds is 6. The Morgan fingerprint density at radius 2 is 2.07 bits per heavy atom. The van der Waals surface area contributed by atoms with Crippen molar-refractivity contribution in [2.45, 2.75) is 45.4 Å². The molecule has 1 aromatic carbocycles. The molecule has 27 heavy (non-hydrogen) atoms. The zero-order valence-corrected chi connectivity index (χ0v) is 16.7. The van der Waals surface area contributed by atoms with Gasteiger partial charge < -0.3 is 25.6 Å². The van der Waals surface area contributed by atoms with Gasteiger partial charge >= 0.3 is 6.09 Å². The number of amides is 1. The smallest absolute Gasteiger partial charge is 0.408 e. The highest BCUT2D eigenvalue weighted by atomic mass is 35.5. The molecule has 4 N–H and O–H groups in total. The number of pyridine rings is 1. The van der Waals surface area contributed by atoms with E-state index in [9.17, 15) is 9.90 Å². The third-order valence-electron chi connectivity index (χ3n) is 3.74. The molecule has 148 valence electrons. The minimum absolute atomic E-state index is 0.103. The number of para-hydroxylation sites is 1. The van der Waals surface area contributed by atoms with E-state index in [1.807, 2.05) is 25.1 Å². The van der Waals surface area contributed by atoms with E-state index in [0.29, 0.717) is 21.9 Å². The van der Waals surface area contributed by atoms with Gasteiger partial charge in [0.05, 0.1) is 29.3 Å². The molecule has 8 heteroatoms. The van der Waals surface area contributed by atoms with Crippen LogP contribution in [0, 0.1) is 0 Å². The Bertz CT molecular complexity index is 807. The number of nitrogens with one attached hydrogen (secondary N) is 2. The van der Waals surface area contributed by atoms with E-state index in [2.05, 4.69) is 15.6 Å². The van der Waals surface area contributed by atoms with Gasteiger partial charge in [-0.1, -0.05) is 23.7 Å². The van der Waals surface area contributed by atoms with Crippen LogP contribution in [-0.2, 0) is 4.74 Å². The van der Waals surface area contributed by atoms with Crippen LogP contribution in [0.2, 0.25) is 5.02 Å². The van der Waals surface area contributed by atoms with Crippen LogP contribution >= 0.6 is 11.6 Å².